The van der Waals surface area contributed by atoms with Gasteiger partial charge < -0.3 is 9.47 Å². The van der Waals surface area contributed by atoms with Gasteiger partial charge in [0, 0.05) is 26.2 Å². The third kappa shape index (κ3) is 3.07. The van der Waals surface area contributed by atoms with E-state index in [2.05, 4.69) is 16.4 Å². The lowest BCUT2D eigenvalue weighted by atomic mass is 9.93. The average Bonchev–Trinajstić information content (AvgIpc) is 3.15. The summed E-state index contributed by atoms with van der Waals surface area (Å²) in [5.41, 5.74) is 1.43. The average molecular weight is 408 g/mol. The molecule has 2 aliphatic rings. The molecule has 5 rings (SSSR count). The highest BCUT2D eigenvalue weighted by molar-refractivity contribution is 5.75. The second-order valence-corrected chi connectivity index (χ2v) is 8.96. The monoisotopic (exact) mass is 407 g/mol. The Hall–Kier alpha value is -2.83. The van der Waals surface area contributed by atoms with Gasteiger partial charge in [-0.2, -0.15) is 4.98 Å². The van der Waals surface area contributed by atoms with Crippen molar-refractivity contribution in [2.24, 2.45) is 13.0 Å². The van der Waals surface area contributed by atoms with Crippen molar-refractivity contribution in [3.05, 3.63) is 56.7 Å². The van der Waals surface area contributed by atoms with Crippen LogP contribution < -0.4 is 16.1 Å². The number of imidazole rings is 1. The Morgan fingerprint density at radius 3 is 2.50 bits per heavy atom. The third-order valence-electron chi connectivity index (χ3n) is 6.67. The molecule has 30 heavy (non-hydrogen) atoms. The van der Waals surface area contributed by atoms with Gasteiger partial charge in [0.1, 0.15) is 0 Å². The highest BCUT2D eigenvalue weighted by Gasteiger charge is 2.33. The fraction of sp³-hybridized carbons (Fsp3) is 0.522. The molecule has 1 aliphatic carbocycles. The van der Waals surface area contributed by atoms with Crippen LogP contribution in [0, 0.1) is 5.92 Å². The lowest BCUT2D eigenvalue weighted by molar-refractivity contribution is 0.354. The highest BCUT2D eigenvalue weighted by Crippen LogP contribution is 2.32. The third-order valence-corrected chi connectivity index (χ3v) is 6.67. The van der Waals surface area contributed by atoms with E-state index in [4.69, 9.17) is 4.98 Å². The van der Waals surface area contributed by atoms with Crippen LogP contribution in [0.5, 0.6) is 0 Å². The molecule has 7 heteroatoms. The maximum absolute atomic E-state index is 13.5. The molecule has 0 radical (unpaired) electrons. The molecule has 1 unspecified atom stereocenters. The van der Waals surface area contributed by atoms with Crippen LogP contribution >= 0.6 is 0 Å². The molecule has 1 saturated carbocycles. The molecule has 1 fully saturated rings. The summed E-state index contributed by atoms with van der Waals surface area (Å²) in [4.78, 5) is 33.8. The summed E-state index contributed by atoms with van der Waals surface area (Å²) in [6, 6.07) is 10.1. The molecule has 2 aromatic heterocycles. The maximum Gasteiger partial charge on any atom is 0.332 e. The van der Waals surface area contributed by atoms with E-state index in [-0.39, 0.29) is 17.8 Å². The molecule has 0 bridgehead atoms. The molecule has 0 N–H and O–H groups in total. The second kappa shape index (κ2) is 7.45. The Balaban J connectivity index is 1.68. The van der Waals surface area contributed by atoms with Crippen molar-refractivity contribution in [3.8, 4) is 0 Å². The molecule has 158 valence electrons. The van der Waals surface area contributed by atoms with Gasteiger partial charge in [-0.25, -0.2) is 4.79 Å². The normalized spacial score (nSPS) is 19.9. The van der Waals surface area contributed by atoms with Crippen molar-refractivity contribution in [1.82, 2.24) is 18.7 Å². The van der Waals surface area contributed by atoms with Gasteiger partial charge in [-0.05, 0) is 24.3 Å². The molecular weight excluding hydrogens is 378 g/mol. The topological polar surface area (TPSA) is 65.1 Å². The zero-order valence-electron chi connectivity index (χ0n) is 17.8. The highest BCUT2D eigenvalue weighted by atomic mass is 16.2. The molecule has 0 saturated heterocycles. The molecule has 3 aromatic rings. The summed E-state index contributed by atoms with van der Waals surface area (Å²) in [5, 5.41) is 0. The maximum atomic E-state index is 13.5. The van der Waals surface area contributed by atoms with Gasteiger partial charge in [-0.3, -0.25) is 13.9 Å². The quantitative estimate of drug-likeness (QED) is 0.670. The number of benzene rings is 1. The summed E-state index contributed by atoms with van der Waals surface area (Å²) in [7, 11) is 1.72. The van der Waals surface area contributed by atoms with Gasteiger partial charge in [0.15, 0.2) is 11.2 Å². The first-order valence-electron chi connectivity index (χ1n) is 11.0. The number of hydrogen-bond acceptors (Lipinski definition) is 4. The summed E-state index contributed by atoms with van der Waals surface area (Å²) in [5.74, 6) is 1.29. The Kier molecular flexibility index (Phi) is 4.76. The predicted molar refractivity (Wildman–Crippen MR) is 118 cm³/mol. The first kappa shape index (κ1) is 19.2. The molecular formula is C23H29N5O2. The number of rotatable bonds is 3. The summed E-state index contributed by atoms with van der Waals surface area (Å²) >= 11 is 0. The number of nitrogens with zero attached hydrogens (tertiary/aromatic N) is 5. The van der Waals surface area contributed by atoms with Crippen molar-refractivity contribution in [3.63, 3.8) is 0 Å². The lowest BCUT2D eigenvalue weighted by Crippen LogP contribution is -2.45. The fourth-order valence-electron chi connectivity index (χ4n) is 5.15. The minimum atomic E-state index is -0.316. The Morgan fingerprint density at radius 2 is 1.77 bits per heavy atom. The van der Waals surface area contributed by atoms with E-state index in [0.29, 0.717) is 23.1 Å². The molecule has 0 spiro atoms. The van der Waals surface area contributed by atoms with Gasteiger partial charge in [0.05, 0.1) is 6.54 Å². The Labute approximate surface area is 175 Å². The first-order chi connectivity index (χ1) is 14.5. The number of aromatic nitrogens is 4. The van der Waals surface area contributed by atoms with Crippen LogP contribution in [0.15, 0.2) is 39.9 Å². The van der Waals surface area contributed by atoms with Crippen LogP contribution in [0.25, 0.3) is 11.2 Å². The van der Waals surface area contributed by atoms with Crippen molar-refractivity contribution in [2.75, 3.05) is 11.4 Å². The van der Waals surface area contributed by atoms with E-state index in [1.54, 1.807) is 7.05 Å². The van der Waals surface area contributed by atoms with Crippen molar-refractivity contribution >= 4 is 17.1 Å². The van der Waals surface area contributed by atoms with E-state index >= 15 is 0 Å². The van der Waals surface area contributed by atoms with Crippen LogP contribution in [0.2, 0.25) is 0 Å². The second-order valence-electron chi connectivity index (χ2n) is 8.96. The number of anilines is 1. The number of hydrogen-bond donors (Lipinski definition) is 0. The summed E-state index contributed by atoms with van der Waals surface area (Å²) in [6.07, 6.45) is 6.14. The van der Waals surface area contributed by atoms with Crippen LogP contribution in [-0.4, -0.2) is 31.3 Å². The van der Waals surface area contributed by atoms with Gasteiger partial charge in [0.25, 0.3) is 5.56 Å². The van der Waals surface area contributed by atoms with Gasteiger partial charge >= 0.3 is 5.69 Å². The Bertz CT molecular complexity index is 1180. The summed E-state index contributed by atoms with van der Waals surface area (Å²) in [6.45, 7) is 4.22. The van der Waals surface area contributed by atoms with Crippen LogP contribution in [0.1, 0.15) is 44.6 Å². The van der Waals surface area contributed by atoms with E-state index in [1.807, 2.05) is 30.3 Å². The van der Waals surface area contributed by atoms with Crippen molar-refractivity contribution < 1.29 is 0 Å². The number of fused-ring (bicyclic) bond motifs is 3. The van der Waals surface area contributed by atoms with E-state index in [1.165, 1.54) is 41.2 Å². The molecule has 1 aromatic carbocycles. The molecule has 0 amide bonds. The van der Waals surface area contributed by atoms with E-state index in [9.17, 15) is 9.59 Å². The van der Waals surface area contributed by atoms with Gasteiger partial charge in [0.2, 0.25) is 5.95 Å². The van der Waals surface area contributed by atoms with Crippen LogP contribution in [-0.2, 0) is 20.1 Å². The minimum absolute atomic E-state index is 0.242. The Morgan fingerprint density at radius 1 is 1.03 bits per heavy atom. The van der Waals surface area contributed by atoms with E-state index < -0.39 is 0 Å². The number of aryl methyl sites for hydroxylation is 1. The molecule has 1 aliphatic heterocycles. The predicted octanol–water partition coefficient (Wildman–Crippen LogP) is 2.73. The molecule has 7 nitrogen and oxygen atoms in total. The zero-order valence-corrected chi connectivity index (χ0v) is 17.8. The summed E-state index contributed by atoms with van der Waals surface area (Å²) < 4.78 is 4.95. The lowest BCUT2D eigenvalue weighted by Gasteiger charge is -2.40. The van der Waals surface area contributed by atoms with Crippen LogP contribution in [0.3, 0.4) is 0 Å². The SMILES string of the molecule is CC1CN(C2CCCCC2)c2nc3c(c(=O)n(Cc4ccccc4)c(=O)n3C)n2C1. The standard InChI is InChI=1S/C23H29N5O2/c1-16-13-26(18-11-7-4-8-12-18)22-24-20-19(27(22)14-16)21(29)28(23(30)25(20)2)15-17-9-5-3-6-10-17/h3,5-6,9-10,16,18H,4,7-8,11-15H2,1-2H3. The van der Waals surface area contributed by atoms with Gasteiger partial charge in [-0.15, -0.1) is 0 Å². The largest absolute Gasteiger partial charge is 0.339 e. The smallest absolute Gasteiger partial charge is 0.332 e. The molecule has 1 atom stereocenters. The van der Waals surface area contributed by atoms with Crippen molar-refractivity contribution in [1.29, 1.82) is 0 Å². The van der Waals surface area contributed by atoms with Gasteiger partial charge in [-0.1, -0.05) is 56.5 Å². The van der Waals surface area contributed by atoms with Crippen molar-refractivity contribution in [2.45, 2.75) is 58.2 Å². The van der Waals surface area contributed by atoms with Crippen LogP contribution in [0.4, 0.5) is 5.95 Å². The minimum Gasteiger partial charge on any atom is -0.339 e. The molecule has 3 heterocycles. The zero-order chi connectivity index (χ0) is 20.8. The van der Waals surface area contributed by atoms with E-state index in [0.717, 1.165) is 24.6 Å². The first-order valence-corrected chi connectivity index (χ1v) is 11.0. The fourth-order valence-corrected chi connectivity index (χ4v) is 5.15.